The highest BCUT2D eigenvalue weighted by Gasteiger charge is 2.49. The van der Waals surface area contributed by atoms with Crippen LogP contribution >= 0.6 is 0 Å². The number of hydrogen-bond donors (Lipinski definition) is 0. The molecule has 1 unspecified atom stereocenters. The Morgan fingerprint density at radius 2 is 1.75 bits per heavy atom. The van der Waals surface area contributed by atoms with Crippen LogP contribution in [0.1, 0.15) is 30.9 Å². The number of carbonyl (C=O) groups is 3. The Morgan fingerprint density at radius 3 is 2.43 bits per heavy atom. The van der Waals surface area contributed by atoms with E-state index in [1.165, 1.54) is 4.90 Å². The number of imide groups is 1. The van der Waals surface area contributed by atoms with Crippen molar-refractivity contribution in [3.63, 3.8) is 0 Å². The summed E-state index contributed by atoms with van der Waals surface area (Å²) in [7, 11) is 0. The Bertz CT molecular complexity index is 981. The normalized spacial score (nSPS) is 24.5. The van der Waals surface area contributed by atoms with Crippen molar-refractivity contribution >= 4 is 29.3 Å². The molecular weight excluding hydrogens is 356 g/mol. The number of anilines is 1. The van der Waals surface area contributed by atoms with Gasteiger partial charge in [0.05, 0.1) is 11.6 Å². The third-order valence-electron chi connectivity index (χ3n) is 5.17. The minimum absolute atomic E-state index is 0.0554. The predicted molar refractivity (Wildman–Crippen MR) is 104 cm³/mol. The highest BCUT2D eigenvalue weighted by atomic mass is 16.5. The summed E-state index contributed by atoms with van der Waals surface area (Å²) in [5.74, 6) is -1.37. The van der Waals surface area contributed by atoms with Gasteiger partial charge >= 0.3 is 0 Å². The van der Waals surface area contributed by atoms with Crippen LogP contribution in [0.25, 0.3) is 0 Å². The number of para-hydroxylation sites is 1. The number of aliphatic imine (C=N–C) groups is 1. The number of nitrogens with zero attached hydrogens (tertiary/aromatic N) is 2. The summed E-state index contributed by atoms with van der Waals surface area (Å²) in [5, 5.41) is 0. The van der Waals surface area contributed by atoms with E-state index in [2.05, 4.69) is 4.99 Å². The van der Waals surface area contributed by atoms with Gasteiger partial charge in [-0.1, -0.05) is 35.9 Å². The van der Waals surface area contributed by atoms with Gasteiger partial charge in [0, 0.05) is 18.4 Å². The van der Waals surface area contributed by atoms with Crippen LogP contribution in [0.3, 0.4) is 0 Å². The van der Waals surface area contributed by atoms with Gasteiger partial charge in [0.15, 0.2) is 5.60 Å². The van der Waals surface area contributed by atoms with Gasteiger partial charge in [0.1, 0.15) is 0 Å². The molecule has 6 heteroatoms. The monoisotopic (exact) mass is 376 g/mol. The molecule has 0 saturated carbocycles. The molecule has 2 aliphatic heterocycles. The van der Waals surface area contributed by atoms with E-state index in [1.807, 2.05) is 37.3 Å². The molecule has 6 nitrogen and oxygen atoms in total. The van der Waals surface area contributed by atoms with Crippen molar-refractivity contribution in [2.75, 3.05) is 4.90 Å². The Hall–Kier alpha value is -3.28. The van der Waals surface area contributed by atoms with Gasteiger partial charge in [-0.05, 0) is 38.1 Å². The molecule has 1 saturated heterocycles. The summed E-state index contributed by atoms with van der Waals surface area (Å²) in [6.07, 6.45) is 0.165. The highest BCUT2D eigenvalue weighted by Crippen LogP contribution is 2.36. The van der Waals surface area contributed by atoms with E-state index in [4.69, 9.17) is 4.74 Å². The van der Waals surface area contributed by atoms with Crippen molar-refractivity contribution in [2.45, 2.75) is 32.3 Å². The molecule has 0 aliphatic carbocycles. The first-order chi connectivity index (χ1) is 13.4. The average Bonchev–Trinajstić information content (AvgIpc) is 3.12. The third kappa shape index (κ3) is 3.11. The van der Waals surface area contributed by atoms with Crippen LogP contribution in [0.5, 0.6) is 0 Å². The van der Waals surface area contributed by atoms with Gasteiger partial charge in [-0.3, -0.25) is 19.3 Å². The smallest absolute Gasteiger partial charge is 0.292 e. The number of hydrogen-bond acceptors (Lipinski definition) is 4. The van der Waals surface area contributed by atoms with E-state index in [0.717, 1.165) is 5.56 Å². The summed E-state index contributed by atoms with van der Waals surface area (Å²) >= 11 is 0. The largest absolute Gasteiger partial charge is 0.461 e. The predicted octanol–water partition coefficient (Wildman–Crippen LogP) is 3.03. The van der Waals surface area contributed by atoms with Crippen LogP contribution in [0.15, 0.2) is 59.6 Å². The molecule has 2 aromatic rings. The molecule has 0 N–H and O–H groups in total. The zero-order valence-corrected chi connectivity index (χ0v) is 15.7. The number of aryl methyl sites for hydroxylation is 1. The first-order valence-corrected chi connectivity index (χ1v) is 9.18. The lowest BCUT2D eigenvalue weighted by molar-refractivity contribution is -0.132. The molecule has 0 radical (unpaired) electrons. The number of ether oxygens (including phenoxy) is 1. The second-order valence-electron chi connectivity index (χ2n) is 7.43. The maximum Gasteiger partial charge on any atom is 0.292 e. The topological polar surface area (TPSA) is 76.0 Å². The molecule has 28 heavy (non-hydrogen) atoms. The Balaban J connectivity index is 1.51. The average molecular weight is 376 g/mol. The highest BCUT2D eigenvalue weighted by molar-refractivity contribution is 6.21. The van der Waals surface area contributed by atoms with Crippen LogP contribution in [0.2, 0.25) is 0 Å². The first-order valence-electron chi connectivity index (χ1n) is 9.18. The second kappa shape index (κ2) is 6.71. The minimum Gasteiger partial charge on any atom is -0.461 e. The SMILES string of the molecule is Cc1ccc(C2=NC(=O)[C@](C)(CC3CC(=O)N(c4ccccc4)C3=O)O2)cc1. The summed E-state index contributed by atoms with van der Waals surface area (Å²) in [5.41, 5.74) is 1.09. The fourth-order valence-corrected chi connectivity index (χ4v) is 3.61. The van der Waals surface area contributed by atoms with Crippen LogP contribution < -0.4 is 4.90 Å². The van der Waals surface area contributed by atoms with Gasteiger partial charge in [-0.2, -0.15) is 4.99 Å². The number of rotatable bonds is 4. The lowest BCUT2D eigenvalue weighted by atomic mass is 9.90. The van der Waals surface area contributed by atoms with Crippen molar-refractivity contribution in [1.82, 2.24) is 0 Å². The van der Waals surface area contributed by atoms with E-state index < -0.39 is 17.4 Å². The fourth-order valence-electron chi connectivity index (χ4n) is 3.61. The van der Waals surface area contributed by atoms with Gasteiger partial charge in [0.2, 0.25) is 17.7 Å². The van der Waals surface area contributed by atoms with Crippen molar-refractivity contribution in [3.8, 4) is 0 Å². The van der Waals surface area contributed by atoms with Gasteiger partial charge in [0.25, 0.3) is 5.91 Å². The summed E-state index contributed by atoms with van der Waals surface area (Å²) in [6, 6.07) is 16.3. The zero-order valence-electron chi connectivity index (χ0n) is 15.7. The number of carbonyl (C=O) groups excluding carboxylic acids is 3. The standard InChI is InChI=1S/C22H20N2O4/c1-14-8-10-15(11-9-14)19-23-21(27)22(2,28-19)13-16-12-18(25)24(20(16)26)17-6-4-3-5-7-17/h3-11,16H,12-13H2,1-2H3/t16?,22-/m0/s1. The molecule has 4 rings (SSSR count). The Labute approximate surface area is 162 Å². The van der Waals surface area contributed by atoms with Gasteiger partial charge in [-0.25, -0.2) is 0 Å². The Morgan fingerprint density at radius 1 is 1.07 bits per heavy atom. The van der Waals surface area contributed by atoms with Crippen molar-refractivity contribution < 1.29 is 19.1 Å². The summed E-state index contributed by atoms with van der Waals surface area (Å²) in [4.78, 5) is 43.1. The van der Waals surface area contributed by atoms with E-state index in [9.17, 15) is 14.4 Å². The van der Waals surface area contributed by atoms with Crippen LogP contribution in [-0.2, 0) is 19.1 Å². The molecule has 1 fully saturated rings. The quantitative estimate of drug-likeness (QED) is 0.769. The molecule has 142 valence electrons. The molecule has 0 spiro atoms. The zero-order chi connectivity index (χ0) is 19.9. The van der Waals surface area contributed by atoms with Crippen molar-refractivity contribution in [1.29, 1.82) is 0 Å². The van der Waals surface area contributed by atoms with E-state index in [-0.39, 0.29) is 30.6 Å². The van der Waals surface area contributed by atoms with Crippen LogP contribution in [0.4, 0.5) is 5.69 Å². The molecule has 0 aromatic heterocycles. The lowest BCUT2D eigenvalue weighted by Gasteiger charge is -2.24. The minimum atomic E-state index is -1.26. The van der Waals surface area contributed by atoms with E-state index >= 15 is 0 Å². The maximum atomic E-state index is 12.8. The van der Waals surface area contributed by atoms with Crippen molar-refractivity contribution in [2.24, 2.45) is 10.9 Å². The van der Waals surface area contributed by atoms with E-state index in [1.54, 1.807) is 31.2 Å². The number of amides is 3. The van der Waals surface area contributed by atoms with Gasteiger partial charge in [-0.15, -0.1) is 0 Å². The lowest BCUT2D eigenvalue weighted by Crippen LogP contribution is -2.38. The fraction of sp³-hybridized carbons (Fsp3) is 0.273. The molecule has 2 aliphatic rings. The molecule has 2 atom stereocenters. The molecule has 2 heterocycles. The first kappa shape index (κ1) is 18.1. The van der Waals surface area contributed by atoms with Crippen LogP contribution in [0, 0.1) is 12.8 Å². The second-order valence-corrected chi connectivity index (χ2v) is 7.43. The molecule has 0 bridgehead atoms. The third-order valence-corrected chi connectivity index (χ3v) is 5.17. The van der Waals surface area contributed by atoms with Crippen molar-refractivity contribution in [3.05, 3.63) is 65.7 Å². The van der Waals surface area contributed by atoms with E-state index in [0.29, 0.717) is 11.3 Å². The maximum absolute atomic E-state index is 12.8. The number of benzene rings is 2. The summed E-state index contributed by atoms with van der Waals surface area (Å²) in [6.45, 7) is 3.60. The summed E-state index contributed by atoms with van der Waals surface area (Å²) < 4.78 is 5.89. The molecule has 2 aromatic carbocycles. The Kier molecular flexibility index (Phi) is 4.34. The molecular formula is C22H20N2O4. The van der Waals surface area contributed by atoms with Gasteiger partial charge < -0.3 is 4.74 Å². The molecule has 3 amide bonds. The van der Waals surface area contributed by atoms with Crippen LogP contribution in [-0.4, -0.2) is 29.2 Å².